The molecule has 0 saturated carbocycles. The lowest BCUT2D eigenvalue weighted by Crippen LogP contribution is -2.43. The molecular formula is C21H20N2O7S. The number of urea groups is 1. The van der Waals surface area contributed by atoms with E-state index in [0.29, 0.717) is 0 Å². The van der Waals surface area contributed by atoms with Crippen molar-refractivity contribution in [1.29, 1.82) is 0 Å². The van der Waals surface area contributed by atoms with Crippen LogP contribution in [0.1, 0.15) is 37.4 Å². The van der Waals surface area contributed by atoms with E-state index in [-0.39, 0.29) is 27.3 Å². The first kappa shape index (κ1) is 22.0. The topological polar surface area (TPSA) is 144 Å². The van der Waals surface area contributed by atoms with Crippen LogP contribution in [0.25, 0.3) is 5.76 Å². The van der Waals surface area contributed by atoms with Crippen molar-refractivity contribution in [2.45, 2.75) is 36.1 Å². The number of nitrogens with two attached hydrogens (primary N) is 1. The summed E-state index contributed by atoms with van der Waals surface area (Å²) < 4.78 is 30.6. The van der Waals surface area contributed by atoms with Gasteiger partial charge in [0.25, 0.3) is 0 Å². The number of carbonyl (C=O) groups is 3. The van der Waals surface area contributed by atoms with Crippen LogP contribution >= 0.6 is 0 Å². The Balaban J connectivity index is 2.16. The van der Waals surface area contributed by atoms with Crippen molar-refractivity contribution in [2.75, 3.05) is 0 Å². The molecule has 3 N–H and O–H groups in total. The number of fused-ring (bicyclic) bond motifs is 1. The molecule has 1 aliphatic heterocycles. The Hall–Kier alpha value is -3.66. The van der Waals surface area contributed by atoms with Gasteiger partial charge in [0.1, 0.15) is 0 Å². The van der Waals surface area contributed by atoms with Crippen LogP contribution in [-0.4, -0.2) is 36.4 Å². The number of rotatable bonds is 4. The molecule has 0 fully saturated rings. The molecule has 0 aromatic heterocycles. The zero-order valence-electron chi connectivity index (χ0n) is 16.7. The summed E-state index contributed by atoms with van der Waals surface area (Å²) in [4.78, 5) is 36.8. The first-order valence-corrected chi connectivity index (χ1v) is 10.8. The predicted octanol–water partition coefficient (Wildman–Crippen LogP) is 2.68. The minimum absolute atomic E-state index is 0.0614. The summed E-state index contributed by atoms with van der Waals surface area (Å²) in [5.74, 6) is -2.73. The molecule has 0 spiro atoms. The maximum Gasteiger partial charge on any atom is 0.366 e. The van der Waals surface area contributed by atoms with Crippen LogP contribution in [0.3, 0.4) is 0 Å². The number of primary amides is 1. The van der Waals surface area contributed by atoms with Crippen molar-refractivity contribution in [3.05, 3.63) is 65.4 Å². The summed E-state index contributed by atoms with van der Waals surface area (Å²) in [6.07, 6.45) is -0.0940. The molecule has 10 heteroatoms. The molecule has 2 aromatic rings. The van der Waals surface area contributed by atoms with E-state index in [1.165, 1.54) is 44.2 Å². The number of nitrogens with zero attached hydrogens (tertiary/aromatic N) is 1. The van der Waals surface area contributed by atoms with Crippen LogP contribution in [0, 0.1) is 0 Å². The maximum absolute atomic E-state index is 13.0. The molecule has 1 heterocycles. The molecule has 9 nitrogen and oxygen atoms in total. The Bertz CT molecular complexity index is 1200. The SMILES string of the molecule is CCC(=O)OC(=O)C1=C(O)c2ccc(S(=O)(=O)c3ccccc3)cc2[C@@H](C)N1C(N)=O. The Morgan fingerprint density at radius 1 is 1.10 bits per heavy atom. The molecule has 0 radical (unpaired) electrons. The van der Waals surface area contributed by atoms with Gasteiger partial charge in [-0.1, -0.05) is 25.1 Å². The lowest BCUT2D eigenvalue weighted by Gasteiger charge is -2.34. The van der Waals surface area contributed by atoms with E-state index in [9.17, 15) is 27.9 Å². The highest BCUT2D eigenvalue weighted by Crippen LogP contribution is 2.39. The van der Waals surface area contributed by atoms with E-state index in [1.807, 2.05) is 0 Å². The van der Waals surface area contributed by atoms with Crippen molar-refractivity contribution in [3.8, 4) is 0 Å². The lowest BCUT2D eigenvalue weighted by molar-refractivity contribution is -0.157. The van der Waals surface area contributed by atoms with Crippen molar-refractivity contribution < 1.29 is 32.6 Å². The monoisotopic (exact) mass is 444 g/mol. The number of sulfone groups is 1. The fourth-order valence-corrected chi connectivity index (χ4v) is 4.62. The number of aliphatic hydroxyl groups is 1. The third-order valence-electron chi connectivity index (χ3n) is 4.87. The fourth-order valence-electron chi connectivity index (χ4n) is 3.30. The van der Waals surface area contributed by atoms with Crippen LogP contribution < -0.4 is 5.73 Å². The summed E-state index contributed by atoms with van der Waals surface area (Å²) in [5.41, 5.74) is 5.20. The van der Waals surface area contributed by atoms with E-state index < -0.39 is 45.3 Å². The van der Waals surface area contributed by atoms with Gasteiger partial charge in [-0.3, -0.25) is 9.69 Å². The van der Waals surface area contributed by atoms with Crippen LogP contribution in [0.4, 0.5) is 4.79 Å². The van der Waals surface area contributed by atoms with Crippen LogP contribution in [-0.2, 0) is 24.2 Å². The van der Waals surface area contributed by atoms with E-state index in [2.05, 4.69) is 4.74 Å². The minimum atomic E-state index is -3.87. The normalized spacial score (nSPS) is 15.9. The van der Waals surface area contributed by atoms with Gasteiger partial charge in [-0.2, -0.15) is 0 Å². The number of aliphatic hydroxyl groups excluding tert-OH is 1. The molecular weight excluding hydrogens is 424 g/mol. The molecule has 1 aliphatic rings. The first-order chi connectivity index (χ1) is 14.6. The smallest absolute Gasteiger partial charge is 0.366 e. The zero-order chi connectivity index (χ0) is 22.9. The van der Waals surface area contributed by atoms with Crippen LogP contribution in [0.15, 0.2) is 64.0 Å². The van der Waals surface area contributed by atoms with Gasteiger partial charge in [0.15, 0.2) is 11.5 Å². The Labute approximate surface area is 178 Å². The van der Waals surface area contributed by atoms with Crippen molar-refractivity contribution in [3.63, 3.8) is 0 Å². The number of benzene rings is 2. The Morgan fingerprint density at radius 3 is 2.32 bits per heavy atom. The van der Waals surface area contributed by atoms with Gasteiger partial charge >= 0.3 is 18.0 Å². The quantitative estimate of drug-likeness (QED) is 0.545. The summed E-state index contributed by atoms with van der Waals surface area (Å²) in [7, 11) is -3.87. The lowest BCUT2D eigenvalue weighted by atomic mass is 9.93. The third kappa shape index (κ3) is 3.89. The van der Waals surface area contributed by atoms with E-state index >= 15 is 0 Å². The number of amides is 2. The molecule has 2 aromatic carbocycles. The average Bonchev–Trinajstić information content (AvgIpc) is 2.75. The standard InChI is InChI=1S/C21H20N2O7S/c1-3-17(24)30-20(26)18-19(25)15-10-9-14(11-16(15)12(2)23(18)21(22)27)31(28,29)13-7-5-4-6-8-13/h4-12,25H,3H2,1-2H3,(H2,22,27)/t12-/m1/s1. The predicted molar refractivity (Wildman–Crippen MR) is 109 cm³/mol. The fraction of sp³-hybridized carbons (Fsp3) is 0.190. The summed E-state index contributed by atoms with van der Waals surface area (Å²) >= 11 is 0. The highest BCUT2D eigenvalue weighted by atomic mass is 32.2. The van der Waals surface area contributed by atoms with Crippen molar-refractivity contribution in [2.24, 2.45) is 5.73 Å². The zero-order valence-corrected chi connectivity index (χ0v) is 17.5. The second kappa shape index (κ2) is 8.23. The number of carbonyl (C=O) groups excluding carboxylic acids is 3. The van der Waals surface area contributed by atoms with E-state index in [0.717, 1.165) is 4.90 Å². The molecule has 2 amide bonds. The second-order valence-corrected chi connectivity index (χ2v) is 8.71. The molecule has 0 bridgehead atoms. The molecule has 0 unspecified atom stereocenters. The number of esters is 2. The molecule has 3 rings (SSSR count). The van der Waals surface area contributed by atoms with Crippen molar-refractivity contribution in [1.82, 2.24) is 4.90 Å². The number of hydrogen-bond acceptors (Lipinski definition) is 7. The summed E-state index contributed by atoms with van der Waals surface area (Å²) in [6.45, 7) is 2.98. The average molecular weight is 444 g/mol. The van der Waals surface area contributed by atoms with Crippen LogP contribution in [0.2, 0.25) is 0 Å². The molecule has 0 aliphatic carbocycles. The first-order valence-electron chi connectivity index (χ1n) is 9.31. The minimum Gasteiger partial charge on any atom is -0.505 e. The third-order valence-corrected chi connectivity index (χ3v) is 6.64. The van der Waals surface area contributed by atoms with E-state index in [1.54, 1.807) is 18.2 Å². The summed E-state index contributed by atoms with van der Waals surface area (Å²) in [5, 5.41) is 10.7. The number of hydrogen-bond donors (Lipinski definition) is 2. The van der Waals surface area contributed by atoms with Gasteiger partial charge in [-0.25, -0.2) is 18.0 Å². The highest BCUT2D eigenvalue weighted by molar-refractivity contribution is 7.91. The Morgan fingerprint density at radius 2 is 1.74 bits per heavy atom. The molecule has 31 heavy (non-hydrogen) atoms. The van der Waals surface area contributed by atoms with Gasteiger partial charge in [-0.05, 0) is 42.8 Å². The van der Waals surface area contributed by atoms with Gasteiger partial charge in [0, 0.05) is 12.0 Å². The molecule has 0 saturated heterocycles. The largest absolute Gasteiger partial charge is 0.505 e. The Kier molecular flexibility index (Phi) is 5.85. The van der Waals surface area contributed by atoms with Gasteiger partial charge in [0.2, 0.25) is 9.84 Å². The maximum atomic E-state index is 13.0. The van der Waals surface area contributed by atoms with Gasteiger partial charge < -0.3 is 15.6 Å². The summed E-state index contributed by atoms with van der Waals surface area (Å²) in [6, 6.07) is 9.67. The molecule has 162 valence electrons. The number of ether oxygens (including phenoxy) is 1. The highest BCUT2D eigenvalue weighted by Gasteiger charge is 2.39. The molecule has 1 atom stereocenters. The van der Waals surface area contributed by atoms with Gasteiger partial charge in [0.05, 0.1) is 15.8 Å². The van der Waals surface area contributed by atoms with Crippen LogP contribution in [0.5, 0.6) is 0 Å². The van der Waals surface area contributed by atoms with E-state index in [4.69, 9.17) is 5.73 Å². The van der Waals surface area contributed by atoms with Gasteiger partial charge in [-0.15, -0.1) is 0 Å². The second-order valence-electron chi connectivity index (χ2n) is 6.76. The van der Waals surface area contributed by atoms with Crippen molar-refractivity contribution >= 4 is 33.6 Å².